The highest BCUT2D eigenvalue weighted by Crippen LogP contribution is 2.15. The lowest BCUT2D eigenvalue weighted by molar-refractivity contribution is -0.134. The summed E-state index contributed by atoms with van der Waals surface area (Å²) in [6, 6.07) is 0.0568. The number of amides is 1. The molecule has 92 valence electrons. The molecule has 0 bridgehead atoms. The zero-order valence-corrected chi connectivity index (χ0v) is 10.1. The fourth-order valence-electron chi connectivity index (χ4n) is 2.52. The minimum absolute atomic E-state index is 0.0568. The first kappa shape index (κ1) is 11.9. The van der Waals surface area contributed by atoms with E-state index in [4.69, 9.17) is 4.74 Å². The van der Waals surface area contributed by atoms with Crippen LogP contribution in [0, 0.1) is 0 Å². The van der Waals surface area contributed by atoms with Crippen LogP contribution in [0.5, 0.6) is 0 Å². The molecule has 2 saturated heterocycles. The van der Waals surface area contributed by atoms with Crippen molar-refractivity contribution in [2.45, 2.75) is 44.8 Å². The highest BCUT2D eigenvalue weighted by atomic mass is 16.5. The largest absolute Gasteiger partial charge is 0.376 e. The monoisotopic (exact) mass is 226 g/mol. The van der Waals surface area contributed by atoms with Crippen molar-refractivity contribution in [3.05, 3.63) is 0 Å². The zero-order valence-electron chi connectivity index (χ0n) is 10.1. The second-order valence-corrected chi connectivity index (χ2v) is 4.66. The number of rotatable bonds is 4. The fraction of sp³-hybridized carbons (Fsp3) is 0.917. The average Bonchev–Trinajstić information content (AvgIpc) is 2.97. The zero-order chi connectivity index (χ0) is 11.4. The predicted octanol–water partition coefficient (Wildman–Crippen LogP) is 0.766. The first-order valence-corrected chi connectivity index (χ1v) is 6.45. The molecule has 0 aromatic heterocycles. The Kier molecular flexibility index (Phi) is 4.18. The molecule has 0 aromatic rings. The molecule has 2 aliphatic rings. The molecule has 2 heterocycles. The van der Waals surface area contributed by atoms with Crippen molar-refractivity contribution in [2.24, 2.45) is 0 Å². The maximum absolute atomic E-state index is 12.2. The number of carbonyl (C=O) groups excluding carboxylic acids is 1. The van der Waals surface area contributed by atoms with Gasteiger partial charge in [-0.15, -0.1) is 0 Å². The van der Waals surface area contributed by atoms with E-state index >= 15 is 0 Å². The quantitative estimate of drug-likeness (QED) is 0.769. The van der Waals surface area contributed by atoms with Crippen molar-refractivity contribution in [3.8, 4) is 0 Å². The van der Waals surface area contributed by atoms with Gasteiger partial charge in [-0.25, -0.2) is 0 Å². The van der Waals surface area contributed by atoms with Crippen molar-refractivity contribution < 1.29 is 9.53 Å². The van der Waals surface area contributed by atoms with Gasteiger partial charge in [-0.1, -0.05) is 0 Å². The van der Waals surface area contributed by atoms with E-state index in [-0.39, 0.29) is 18.1 Å². The van der Waals surface area contributed by atoms with Gasteiger partial charge in [0.1, 0.15) is 0 Å². The van der Waals surface area contributed by atoms with E-state index in [2.05, 4.69) is 5.32 Å². The van der Waals surface area contributed by atoms with Crippen LogP contribution >= 0.6 is 0 Å². The van der Waals surface area contributed by atoms with Gasteiger partial charge in [0.2, 0.25) is 5.91 Å². The van der Waals surface area contributed by atoms with Gasteiger partial charge in [0.15, 0.2) is 0 Å². The van der Waals surface area contributed by atoms with E-state index in [1.54, 1.807) is 0 Å². The Bertz CT molecular complexity index is 233. The summed E-state index contributed by atoms with van der Waals surface area (Å²) in [4.78, 5) is 14.1. The van der Waals surface area contributed by atoms with E-state index in [1.807, 2.05) is 11.8 Å². The molecule has 0 radical (unpaired) electrons. The van der Waals surface area contributed by atoms with Crippen molar-refractivity contribution >= 4 is 5.91 Å². The topological polar surface area (TPSA) is 41.6 Å². The van der Waals surface area contributed by atoms with Gasteiger partial charge in [-0.2, -0.15) is 0 Å². The number of likely N-dealkylation sites (N-methyl/N-ethyl adjacent to an activating group) is 1. The van der Waals surface area contributed by atoms with Gasteiger partial charge in [0.25, 0.3) is 0 Å². The number of hydrogen-bond acceptors (Lipinski definition) is 3. The highest BCUT2D eigenvalue weighted by Gasteiger charge is 2.28. The molecule has 1 amide bonds. The van der Waals surface area contributed by atoms with Crippen molar-refractivity contribution in [2.75, 3.05) is 26.2 Å². The third kappa shape index (κ3) is 2.74. The molecule has 2 fully saturated rings. The summed E-state index contributed by atoms with van der Waals surface area (Å²) in [7, 11) is 0. The Hall–Kier alpha value is -0.610. The van der Waals surface area contributed by atoms with Crippen LogP contribution in [0.4, 0.5) is 0 Å². The van der Waals surface area contributed by atoms with Crippen LogP contribution in [0.2, 0.25) is 0 Å². The summed E-state index contributed by atoms with van der Waals surface area (Å²) in [6.07, 6.45) is 4.61. The molecular weight excluding hydrogens is 204 g/mol. The number of carbonyl (C=O) groups is 1. The molecule has 2 unspecified atom stereocenters. The molecule has 4 heteroatoms. The number of nitrogens with one attached hydrogen (secondary N) is 1. The third-order valence-electron chi connectivity index (χ3n) is 3.50. The SMILES string of the molecule is CCN(CC1CCCO1)C(=O)C1CCCN1. The molecular formula is C12H22N2O2. The summed E-state index contributed by atoms with van der Waals surface area (Å²) in [5, 5.41) is 3.26. The number of ether oxygens (including phenoxy) is 1. The third-order valence-corrected chi connectivity index (χ3v) is 3.50. The maximum atomic E-state index is 12.2. The maximum Gasteiger partial charge on any atom is 0.239 e. The van der Waals surface area contributed by atoms with E-state index in [9.17, 15) is 4.79 Å². The summed E-state index contributed by atoms with van der Waals surface area (Å²) in [5.74, 6) is 0.260. The van der Waals surface area contributed by atoms with E-state index in [1.165, 1.54) is 0 Å². The van der Waals surface area contributed by atoms with Crippen LogP contribution < -0.4 is 5.32 Å². The Labute approximate surface area is 97.3 Å². The van der Waals surface area contributed by atoms with Crippen LogP contribution in [0.25, 0.3) is 0 Å². The predicted molar refractivity (Wildman–Crippen MR) is 62.3 cm³/mol. The average molecular weight is 226 g/mol. The molecule has 2 aliphatic heterocycles. The summed E-state index contributed by atoms with van der Waals surface area (Å²) < 4.78 is 5.58. The first-order chi connectivity index (χ1) is 7.81. The van der Waals surface area contributed by atoms with E-state index in [0.29, 0.717) is 0 Å². The molecule has 0 saturated carbocycles. The minimum Gasteiger partial charge on any atom is -0.376 e. The minimum atomic E-state index is 0.0568. The van der Waals surface area contributed by atoms with Crippen molar-refractivity contribution in [1.82, 2.24) is 10.2 Å². The Balaban J connectivity index is 1.84. The number of nitrogens with zero attached hydrogens (tertiary/aromatic N) is 1. The summed E-state index contributed by atoms with van der Waals surface area (Å²) in [5.41, 5.74) is 0. The standard InChI is InChI=1S/C12H22N2O2/c1-2-14(9-10-5-4-8-16-10)12(15)11-6-3-7-13-11/h10-11,13H,2-9H2,1H3. The molecule has 4 nitrogen and oxygen atoms in total. The van der Waals surface area contributed by atoms with Crippen LogP contribution in [0.15, 0.2) is 0 Å². The van der Waals surface area contributed by atoms with E-state index < -0.39 is 0 Å². The fourth-order valence-corrected chi connectivity index (χ4v) is 2.52. The van der Waals surface area contributed by atoms with Gasteiger partial charge in [0.05, 0.1) is 12.1 Å². The normalized spacial score (nSPS) is 29.6. The van der Waals surface area contributed by atoms with Gasteiger partial charge in [-0.05, 0) is 39.2 Å². The molecule has 1 N–H and O–H groups in total. The Morgan fingerprint density at radius 2 is 2.31 bits per heavy atom. The Morgan fingerprint density at radius 1 is 1.44 bits per heavy atom. The molecule has 0 spiro atoms. The lowest BCUT2D eigenvalue weighted by Crippen LogP contribution is -2.46. The molecule has 16 heavy (non-hydrogen) atoms. The van der Waals surface area contributed by atoms with Gasteiger partial charge >= 0.3 is 0 Å². The summed E-state index contributed by atoms with van der Waals surface area (Å²) >= 11 is 0. The van der Waals surface area contributed by atoms with Gasteiger partial charge in [0, 0.05) is 19.7 Å². The molecule has 2 atom stereocenters. The van der Waals surface area contributed by atoms with Crippen LogP contribution in [0.3, 0.4) is 0 Å². The first-order valence-electron chi connectivity index (χ1n) is 6.45. The Morgan fingerprint density at radius 3 is 2.88 bits per heavy atom. The van der Waals surface area contributed by atoms with Crippen LogP contribution in [0.1, 0.15) is 32.6 Å². The molecule has 0 aromatic carbocycles. The second-order valence-electron chi connectivity index (χ2n) is 4.66. The highest BCUT2D eigenvalue weighted by molar-refractivity contribution is 5.82. The van der Waals surface area contributed by atoms with Crippen LogP contribution in [-0.2, 0) is 9.53 Å². The van der Waals surface area contributed by atoms with Crippen LogP contribution in [-0.4, -0.2) is 49.2 Å². The van der Waals surface area contributed by atoms with Crippen molar-refractivity contribution in [3.63, 3.8) is 0 Å². The number of hydrogen-bond donors (Lipinski definition) is 1. The molecule has 2 rings (SSSR count). The second kappa shape index (κ2) is 5.64. The lowest BCUT2D eigenvalue weighted by Gasteiger charge is -2.26. The van der Waals surface area contributed by atoms with Gasteiger partial charge < -0.3 is 15.0 Å². The van der Waals surface area contributed by atoms with Gasteiger partial charge in [-0.3, -0.25) is 4.79 Å². The van der Waals surface area contributed by atoms with Crippen molar-refractivity contribution in [1.29, 1.82) is 0 Å². The lowest BCUT2D eigenvalue weighted by atomic mass is 10.1. The smallest absolute Gasteiger partial charge is 0.239 e. The summed E-state index contributed by atoms with van der Waals surface area (Å²) in [6.45, 7) is 5.44. The van der Waals surface area contributed by atoms with E-state index in [0.717, 1.165) is 51.9 Å². The molecule has 0 aliphatic carbocycles.